The Labute approximate surface area is 166 Å². The van der Waals surface area contributed by atoms with E-state index in [1.807, 2.05) is 36.2 Å². The van der Waals surface area contributed by atoms with Crippen molar-refractivity contribution in [1.82, 2.24) is 14.8 Å². The second-order valence-corrected chi connectivity index (χ2v) is 7.46. The van der Waals surface area contributed by atoms with Crippen molar-refractivity contribution in [1.29, 1.82) is 0 Å². The second kappa shape index (κ2) is 10.2. The number of likely N-dealkylation sites (tertiary alicyclic amines) is 1. The first kappa shape index (κ1) is 20.3. The highest BCUT2D eigenvalue weighted by Gasteiger charge is 2.21. The summed E-state index contributed by atoms with van der Waals surface area (Å²) in [7, 11) is 1.92. The Morgan fingerprint density at radius 3 is 2.61 bits per heavy atom. The van der Waals surface area contributed by atoms with Crippen LogP contribution in [0.15, 0.2) is 48.8 Å². The molecule has 6 nitrogen and oxygen atoms in total. The van der Waals surface area contributed by atoms with Gasteiger partial charge in [-0.05, 0) is 74.8 Å². The molecule has 2 heterocycles. The molecule has 150 valence electrons. The standard InChI is InChI=1S/C22H29N3O3/c1-24(16-22(26)27)20-3-2-13-25(14-10-20)15-18-4-6-21(7-5-18)28-17-19-8-11-23-12-9-19/h4-9,11-12,20H,2-3,10,13-17H2,1H3,(H,26,27). The van der Waals surface area contributed by atoms with E-state index in [2.05, 4.69) is 22.0 Å². The van der Waals surface area contributed by atoms with Gasteiger partial charge < -0.3 is 9.84 Å². The number of pyridine rings is 1. The minimum Gasteiger partial charge on any atom is -0.489 e. The van der Waals surface area contributed by atoms with E-state index in [0.717, 1.165) is 50.2 Å². The fourth-order valence-electron chi connectivity index (χ4n) is 3.67. The Kier molecular flexibility index (Phi) is 7.39. The van der Waals surface area contributed by atoms with Crippen LogP contribution in [0.1, 0.15) is 30.4 Å². The molecular weight excluding hydrogens is 354 g/mol. The molecule has 1 N–H and O–H groups in total. The van der Waals surface area contributed by atoms with Crippen molar-refractivity contribution >= 4 is 5.97 Å². The summed E-state index contributed by atoms with van der Waals surface area (Å²) >= 11 is 0. The first-order valence-corrected chi connectivity index (χ1v) is 9.85. The molecular formula is C22H29N3O3. The molecule has 1 fully saturated rings. The zero-order valence-electron chi connectivity index (χ0n) is 16.5. The number of carboxylic acids is 1. The summed E-state index contributed by atoms with van der Waals surface area (Å²) in [6.07, 6.45) is 6.71. The SMILES string of the molecule is CN(CC(=O)O)C1CCCN(Cc2ccc(OCc3ccncc3)cc2)CC1. The Balaban J connectivity index is 1.46. The summed E-state index contributed by atoms with van der Waals surface area (Å²) in [5, 5.41) is 8.99. The number of likely N-dealkylation sites (N-methyl/N-ethyl adjacent to an activating group) is 1. The van der Waals surface area contributed by atoms with Gasteiger partial charge in [0.15, 0.2) is 0 Å². The third-order valence-electron chi connectivity index (χ3n) is 5.28. The number of carbonyl (C=O) groups is 1. The predicted octanol–water partition coefficient (Wildman–Crippen LogP) is 3.03. The first-order valence-electron chi connectivity index (χ1n) is 9.85. The van der Waals surface area contributed by atoms with Gasteiger partial charge in [-0.25, -0.2) is 0 Å². The third kappa shape index (κ3) is 6.32. The second-order valence-electron chi connectivity index (χ2n) is 7.46. The minimum absolute atomic E-state index is 0.117. The summed E-state index contributed by atoms with van der Waals surface area (Å²) in [6.45, 7) is 3.62. The van der Waals surface area contributed by atoms with Crippen LogP contribution in [-0.4, -0.2) is 58.6 Å². The maximum atomic E-state index is 10.9. The van der Waals surface area contributed by atoms with Crippen LogP contribution >= 0.6 is 0 Å². The summed E-state index contributed by atoms with van der Waals surface area (Å²) in [6, 6.07) is 12.6. The molecule has 1 aromatic heterocycles. The smallest absolute Gasteiger partial charge is 0.317 e. The molecule has 6 heteroatoms. The average molecular weight is 383 g/mol. The molecule has 3 rings (SSSR count). The highest BCUT2D eigenvalue weighted by Crippen LogP contribution is 2.19. The fraction of sp³-hybridized carbons (Fsp3) is 0.455. The molecule has 0 aliphatic carbocycles. The fourth-order valence-corrected chi connectivity index (χ4v) is 3.67. The van der Waals surface area contributed by atoms with Gasteiger partial charge in [-0.3, -0.25) is 19.6 Å². The molecule has 1 unspecified atom stereocenters. The lowest BCUT2D eigenvalue weighted by Gasteiger charge is -2.25. The van der Waals surface area contributed by atoms with Gasteiger partial charge in [-0.2, -0.15) is 0 Å². The van der Waals surface area contributed by atoms with Crippen molar-refractivity contribution in [2.75, 3.05) is 26.7 Å². The highest BCUT2D eigenvalue weighted by molar-refractivity contribution is 5.69. The van der Waals surface area contributed by atoms with Crippen LogP contribution in [0.2, 0.25) is 0 Å². The van der Waals surface area contributed by atoms with Crippen molar-refractivity contribution in [3.05, 3.63) is 59.9 Å². The van der Waals surface area contributed by atoms with Crippen LogP contribution in [0.4, 0.5) is 0 Å². The topological polar surface area (TPSA) is 65.9 Å². The third-order valence-corrected chi connectivity index (χ3v) is 5.28. The number of carboxylic acid groups (broad SMARTS) is 1. The number of benzene rings is 1. The molecule has 1 aliphatic heterocycles. The van der Waals surface area contributed by atoms with Crippen molar-refractivity contribution in [2.24, 2.45) is 0 Å². The van der Waals surface area contributed by atoms with Crippen LogP contribution in [0.3, 0.4) is 0 Å². The molecule has 0 radical (unpaired) electrons. The normalized spacial score (nSPS) is 18.0. The molecule has 0 amide bonds. The highest BCUT2D eigenvalue weighted by atomic mass is 16.5. The quantitative estimate of drug-likeness (QED) is 0.756. The summed E-state index contributed by atoms with van der Waals surface area (Å²) in [5.74, 6) is 0.113. The maximum Gasteiger partial charge on any atom is 0.317 e. The zero-order chi connectivity index (χ0) is 19.8. The summed E-state index contributed by atoms with van der Waals surface area (Å²) in [5.41, 5.74) is 2.37. The number of hydrogen-bond acceptors (Lipinski definition) is 5. The van der Waals surface area contributed by atoms with E-state index in [1.165, 1.54) is 5.56 Å². The monoisotopic (exact) mass is 383 g/mol. The Hall–Kier alpha value is -2.44. The van der Waals surface area contributed by atoms with E-state index in [0.29, 0.717) is 12.6 Å². The van der Waals surface area contributed by atoms with Gasteiger partial charge in [0.25, 0.3) is 0 Å². The summed E-state index contributed by atoms with van der Waals surface area (Å²) < 4.78 is 5.83. The lowest BCUT2D eigenvalue weighted by atomic mass is 10.1. The lowest BCUT2D eigenvalue weighted by Crippen LogP contribution is -2.36. The summed E-state index contributed by atoms with van der Waals surface area (Å²) in [4.78, 5) is 19.4. The number of rotatable bonds is 8. The molecule has 1 aromatic carbocycles. The first-order chi connectivity index (χ1) is 13.6. The maximum absolute atomic E-state index is 10.9. The van der Waals surface area contributed by atoms with Crippen LogP contribution in [-0.2, 0) is 17.9 Å². The van der Waals surface area contributed by atoms with Crippen molar-refractivity contribution in [3.63, 3.8) is 0 Å². The van der Waals surface area contributed by atoms with E-state index in [1.54, 1.807) is 12.4 Å². The van der Waals surface area contributed by atoms with Crippen LogP contribution in [0.25, 0.3) is 0 Å². The number of ether oxygens (including phenoxy) is 1. The lowest BCUT2D eigenvalue weighted by molar-refractivity contribution is -0.138. The minimum atomic E-state index is -0.755. The van der Waals surface area contributed by atoms with E-state index in [4.69, 9.17) is 9.84 Å². The van der Waals surface area contributed by atoms with E-state index < -0.39 is 5.97 Å². The number of hydrogen-bond donors (Lipinski definition) is 1. The van der Waals surface area contributed by atoms with Crippen molar-refractivity contribution < 1.29 is 14.6 Å². The van der Waals surface area contributed by atoms with Gasteiger partial charge in [0.1, 0.15) is 12.4 Å². The Morgan fingerprint density at radius 1 is 1.14 bits per heavy atom. The van der Waals surface area contributed by atoms with E-state index in [9.17, 15) is 4.79 Å². The van der Waals surface area contributed by atoms with Gasteiger partial charge in [-0.1, -0.05) is 12.1 Å². The molecule has 2 aromatic rings. The zero-order valence-corrected chi connectivity index (χ0v) is 16.5. The van der Waals surface area contributed by atoms with Crippen LogP contribution in [0, 0.1) is 0 Å². The molecule has 0 saturated carbocycles. The Morgan fingerprint density at radius 2 is 1.89 bits per heavy atom. The Bertz CT molecular complexity index is 736. The number of nitrogens with zero attached hydrogens (tertiary/aromatic N) is 3. The van der Waals surface area contributed by atoms with E-state index >= 15 is 0 Å². The van der Waals surface area contributed by atoms with Gasteiger partial charge >= 0.3 is 5.97 Å². The molecule has 1 aliphatic rings. The van der Waals surface area contributed by atoms with Gasteiger partial charge in [0.05, 0.1) is 6.54 Å². The van der Waals surface area contributed by atoms with Gasteiger partial charge in [0.2, 0.25) is 0 Å². The van der Waals surface area contributed by atoms with E-state index in [-0.39, 0.29) is 6.54 Å². The van der Waals surface area contributed by atoms with Crippen LogP contribution in [0.5, 0.6) is 5.75 Å². The molecule has 0 bridgehead atoms. The van der Waals surface area contributed by atoms with Gasteiger partial charge in [0, 0.05) is 25.0 Å². The largest absolute Gasteiger partial charge is 0.489 e. The molecule has 1 saturated heterocycles. The predicted molar refractivity (Wildman–Crippen MR) is 108 cm³/mol. The van der Waals surface area contributed by atoms with Crippen molar-refractivity contribution in [2.45, 2.75) is 38.5 Å². The number of aliphatic carboxylic acids is 1. The average Bonchev–Trinajstić information content (AvgIpc) is 2.93. The van der Waals surface area contributed by atoms with Crippen molar-refractivity contribution in [3.8, 4) is 5.75 Å². The molecule has 0 spiro atoms. The molecule has 1 atom stereocenters. The van der Waals surface area contributed by atoms with Crippen LogP contribution < -0.4 is 4.74 Å². The molecule has 28 heavy (non-hydrogen) atoms. The number of aromatic nitrogens is 1. The van der Waals surface area contributed by atoms with Gasteiger partial charge in [-0.15, -0.1) is 0 Å².